The van der Waals surface area contributed by atoms with Gasteiger partial charge in [0.2, 0.25) is 5.91 Å². The zero-order chi connectivity index (χ0) is 19.1. The summed E-state index contributed by atoms with van der Waals surface area (Å²) in [6, 6.07) is 11.3. The Morgan fingerprint density at radius 3 is 2.42 bits per heavy atom. The third kappa shape index (κ3) is 5.68. The van der Waals surface area contributed by atoms with Gasteiger partial charge in [0, 0.05) is 11.4 Å². The second-order valence-electron chi connectivity index (χ2n) is 6.67. The summed E-state index contributed by atoms with van der Waals surface area (Å²) in [6.45, 7) is 5.15. The van der Waals surface area contributed by atoms with Gasteiger partial charge in [0.05, 0.1) is 25.3 Å². The molecule has 1 aromatic carbocycles. The molecule has 0 aliphatic heterocycles. The molecule has 1 atom stereocenters. The van der Waals surface area contributed by atoms with Crippen molar-refractivity contribution in [1.82, 2.24) is 10.2 Å². The van der Waals surface area contributed by atoms with Crippen LogP contribution < -0.4 is 5.32 Å². The minimum Gasteiger partial charge on any atom is -0.465 e. The van der Waals surface area contributed by atoms with Crippen LogP contribution in [-0.2, 0) is 16.1 Å². The Morgan fingerprint density at radius 2 is 1.88 bits per heavy atom. The second-order valence-corrected chi connectivity index (χ2v) is 7.64. The molecule has 1 aromatic heterocycles. The van der Waals surface area contributed by atoms with Crippen LogP contribution in [0, 0.1) is 5.92 Å². The fourth-order valence-corrected chi connectivity index (χ4v) is 3.68. The van der Waals surface area contributed by atoms with E-state index in [1.807, 2.05) is 35.5 Å². The van der Waals surface area contributed by atoms with E-state index >= 15 is 0 Å². The second kappa shape index (κ2) is 9.50. The normalized spacial score (nSPS) is 12.2. The topological polar surface area (TPSA) is 58.6 Å². The van der Waals surface area contributed by atoms with Crippen LogP contribution in [0.25, 0.3) is 0 Å². The van der Waals surface area contributed by atoms with E-state index in [4.69, 9.17) is 4.74 Å². The highest BCUT2D eigenvalue weighted by atomic mass is 32.1. The highest BCUT2D eigenvalue weighted by Gasteiger charge is 2.19. The molecule has 2 rings (SSSR count). The molecule has 5 nitrogen and oxygen atoms in total. The van der Waals surface area contributed by atoms with Crippen LogP contribution in [0.2, 0.25) is 0 Å². The Hall–Kier alpha value is -2.18. The number of carbonyl (C=O) groups is 2. The van der Waals surface area contributed by atoms with Gasteiger partial charge in [-0.2, -0.15) is 0 Å². The average molecular weight is 375 g/mol. The van der Waals surface area contributed by atoms with E-state index in [9.17, 15) is 9.59 Å². The number of nitrogens with one attached hydrogen (secondary N) is 1. The molecule has 6 heteroatoms. The Balaban J connectivity index is 1.89. The van der Waals surface area contributed by atoms with E-state index in [0.29, 0.717) is 24.6 Å². The third-order valence-corrected chi connectivity index (χ3v) is 5.03. The van der Waals surface area contributed by atoms with Crippen molar-refractivity contribution in [3.05, 3.63) is 57.8 Å². The summed E-state index contributed by atoms with van der Waals surface area (Å²) in [5.41, 5.74) is 1.55. The molecule has 0 fully saturated rings. The number of amides is 1. The fraction of sp³-hybridized carbons (Fsp3) is 0.400. The zero-order valence-corrected chi connectivity index (χ0v) is 16.5. The van der Waals surface area contributed by atoms with E-state index in [1.165, 1.54) is 12.0 Å². The van der Waals surface area contributed by atoms with E-state index in [1.54, 1.807) is 23.5 Å². The van der Waals surface area contributed by atoms with Crippen LogP contribution in [0.5, 0.6) is 0 Å². The molecule has 0 spiro atoms. The highest BCUT2D eigenvalue weighted by Crippen LogP contribution is 2.25. The summed E-state index contributed by atoms with van der Waals surface area (Å²) in [5, 5.41) is 5.16. The minimum absolute atomic E-state index is 0.00535. The van der Waals surface area contributed by atoms with Crippen molar-refractivity contribution in [1.29, 1.82) is 0 Å². The van der Waals surface area contributed by atoms with Gasteiger partial charge in [-0.3, -0.25) is 9.69 Å². The van der Waals surface area contributed by atoms with Gasteiger partial charge in [-0.05, 0) is 42.1 Å². The van der Waals surface area contributed by atoms with Crippen LogP contribution in [0.1, 0.15) is 40.7 Å². The number of methoxy groups -OCH3 is 1. The number of thiophene rings is 1. The van der Waals surface area contributed by atoms with Crippen LogP contribution in [-0.4, -0.2) is 37.5 Å². The molecule has 0 bridgehead atoms. The van der Waals surface area contributed by atoms with Gasteiger partial charge < -0.3 is 10.1 Å². The fourth-order valence-electron chi connectivity index (χ4n) is 2.73. The number of carbonyl (C=O) groups excluding carboxylic acids is 2. The van der Waals surface area contributed by atoms with Gasteiger partial charge in [0.25, 0.3) is 0 Å². The van der Waals surface area contributed by atoms with Crippen LogP contribution in [0.4, 0.5) is 0 Å². The summed E-state index contributed by atoms with van der Waals surface area (Å²) in [7, 11) is 3.27. The first-order valence-corrected chi connectivity index (χ1v) is 9.47. The predicted molar refractivity (Wildman–Crippen MR) is 104 cm³/mol. The number of ether oxygens (including phenoxy) is 1. The standard InChI is InChI=1S/C20H26N2O3S/c1-14(2)19(17-6-5-11-26-17)21-18(23)13-22(3)12-15-7-9-16(10-8-15)20(24)25-4/h5-11,14,19H,12-13H2,1-4H3,(H,21,23)/t19-/m0/s1. The number of hydrogen-bond donors (Lipinski definition) is 1. The lowest BCUT2D eigenvalue weighted by Gasteiger charge is -2.23. The maximum Gasteiger partial charge on any atom is 0.337 e. The molecule has 0 aliphatic rings. The summed E-state index contributed by atoms with van der Waals surface area (Å²) in [5.74, 6) is -0.0165. The van der Waals surface area contributed by atoms with Crippen molar-refractivity contribution < 1.29 is 14.3 Å². The molecular formula is C20H26N2O3S. The van der Waals surface area contributed by atoms with E-state index in [-0.39, 0.29) is 17.9 Å². The Kier molecular flexibility index (Phi) is 7.36. The molecule has 1 heterocycles. The number of rotatable bonds is 8. The lowest BCUT2D eigenvalue weighted by atomic mass is 10.0. The highest BCUT2D eigenvalue weighted by molar-refractivity contribution is 7.10. The van der Waals surface area contributed by atoms with Gasteiger partial charge in [-0.15, -0.1) is 11.3 Å². The summed E-state index contributed by atoms with van der Waals surface area (Å²) < 4.78 is 4.70. The van der Waals surface area contributed by atoms with Crippen molar-refractivity contribution in [2.24, 2.45) is 5.92 Å². The van der Waals surface area contributed by atoms with Crippen molar-refractivity contribution in [3.8, 4) is 0 Å². The molecule has 0 unspecified atom stereocenters. The first-order chi connectivity index (χ1) is 12.4. The van der Waals surface area contributed by atoms with E-state index < -0.39 is 0 Å². The summed E-state index contributed by atoms with van der Waals surface area (Å²) in [6.07, 6.45) is 0. The zero-order valence-electron chi connectivity index (χ0n) is 15.7. The quantitative estimate of drug-likeness (QED) is 0.719. The average Bonchev–Trinajstić information content (AvgIpc) is 3.13. The Bertz CT molecular complexity index is 711. The molecule has 0 aliphatic carbocycles. The van der Waals surface area contributed by atoms with Gasteiger partial charge in [-0.25, -0.2) is 4.79 Å². The van der Waals surface area contributed by atoms with Crippen LogP contribution >= 0.6 is 11.3 Å². The predicted octanol–water partition coefficient (Wildman–Crippen LogP) is 3.48. The molecule has 0 radical (unpaired) electrons. The first kappa shape index (κ1) is 20.1. The number of benzene rings is 1. The first-order valence-electron chi connectivity index (χ1n) is 8.59. The van der Waals surface area contributed by atoms with E-state index in [2.05, 4.69) is 25.2 Å². The van der Waals surface area contributed by atoms with Crippen molar-refractivity contribution in [3.63, 3.8) is 0 Å². The molecule has 26 heavy (non-hydrogen) atoms. The molecule has 140 valence electrons. The maximum absolute atomic E-state index is 12.4. The van der Waals surface area contributed by atoms with Gasteiger partial charge >= 0.3 is 5.97 Å². The molecular weight excluding hydrogens is 348 g/mol. The molecule has 0 saturated heterocycles. The number of esters is 1. The minimum atomic E-state index is -0.349. The Morgan fingerprint density at radius 1 is 1.19 bits per heavy atom. The number of likely N-dealkylation sites (N-methyl/N-ethyl adjacent to an activating group) is 1. The largest absolute Gasteiger partial charge is 0.465 e. The van der Waals surface area contributed by atoms with Crippen LogP contribution in [0.15, 0.2) is 41.8 Å². The summed E-state index contributed by atoms with van der Waals surface area (Å²) in [4.78, 5) is 27.0. The van der Waals surface area contributed by atoms with Gasteiger partial charge in [0.15, 0.2) is 0 Å². The number of hydrogen-bond acceptors (Lipinski definition) is 5. The lowest BCUT2D eigenvalue weighted by Crippen LogP contribution is -2.38. The van der Waals surface area contributed by atoms with Gasteiger partial charge in [-0.1, -0.05) is 32.0 Å². The maximum atomic E-state index is 12.4. The van der Waals surface area contributed by atoms with Gasteiger partial charge in [0.1, 0.15) is 0 Å². The Labute approximate surface area is 159 Å². The lowest BCUT2D eigenvalue weighted by molar-refractivity contribution is -0.123. The van der Waals surface area contributed by atoms with Crippen molar-refractivity contribution in [2.45, 2.75) is 26.4 Å². The number of nitrogens with zero attached hydrogens (tertiary/aromatic N) is 1. The van der Waals surface area contributed by atoms with Crippen molar-refractivity contribution in [2.75, 3.05) is 20.7 Å². The summed E-state index contributed by atoms with van der Waals surface area (Å²) >= 11 is 1.66. The molecule has 1 N–H and O–H groups in total. The smallest absolute Gasteiger partial charge is 0.337 e. The van der Waals surface area contributed by atoms with Crippen molar-refractivity contribution >= 4 is 23.2 Å². The van der Waals surface area contributed by atoms with E-state index in [0.717, 1.165) is 5.56 Å². The third-order valence-electron chi connectivity index (χ3n) is 4.07. The van der Waals surface area contributed by atoms with Crippen LogP contribution in [0.3, 0.4) is 0 Å². The molecule has 2 aromatic rings. The SMILES string of the molecule is COC(=O)c1ccc(CN(C)CC(=O)N[C@H](c2cccs2)C(C)C)cc1. The molecule has 1 amide bonds. The molecule has 0 saturated carbocycles. The monoisotopic (exact) mass is 374 g/mol.